The molecule has 21 heavy (non-hydrogen) atoms. The Hall–Kier alpha value is -1.76. The van der Waals surface area contributed by atoms with Gasteiger partial charge in [0.2, 0.25) is 0 Å². The summed E-state index contributed by atoms with van der Waals surface area (Å²) >= 11 is 0. The number of nitrogens with zero attached hydrogens (tertiary/aromatic N) is 1. The van der Waals surface area contributed by atoms with Crippen LogP contribution in [0.5, 0.6) is 0 Å². The lowest BCUT2D eigenvalue weighted by Gasteiger charge is -2.40. The van der Waals surface area contributed by atoms with Crippen molar-refractivity contribution in [2.75, 3.05) is 31.6 Å². The van der Waals surface area contributed by atoms with Gasteiger partial charge in [0, 0.05) is 19.3 Å². The maximum Gasteiger partial charge on any atom is 0.416 e. The average Bonchev–Trinajstić information content (AvgIpc) is 2.45. The summed E-state index contributed by atoms with van der Waals surface area (Å²) in [6.45, 7) is 2.82. The van der Waals surface area contributed by atoms with Crippen LogP contribution in [0.25, 0.3) is 0 Å². The van der Waals surface area contributed by atoms with E-state index in [1.54, 1.807) is 6.92 Å². The average molecular weight is 302 g/mol. The topological polar surface area (TPSA) is 41.6 Å². The first-order chi connectivity index (χ1) is 9.76. The standard InChI is InChI=1S/C14H17F3N2O2/c1-13(12(20)18-2)9-19(7-8-21-13)11-5-3-10(4-6-11)14(15,16)17/h3-6H,7-9H2,1-2H3,(H,18,20)/t13-/m0/s1. The maximum absolute atomic E-state index is 12.6. The van der Waals surface area contributed by atoms with Gasteiger partial charge in [-0.25, -0.2) is 0 Å². The van der Waals surface area contributed by atoms with Gasteiger partial charge in [0.05, 0.1) is 18.7 Å². The van der Waals surface area contributed by atoms with Crippen LogP contribution in [0.2, 0.25) is 0 Å². The molecule has 116 valence electrons. The molecule has 0 unspecified atom stereocenters. The van der Waals surface area contributed by atoms with Gasteiger partial charge >= 0.3 is 6.18 Å². The number of anilines is 1. The Morgan fingerprint density at radius 2 is 1.95 bits per heavy atom. The number of hydrogen-bond acceptors (Lipinski definition) is 3. The summed E-state index contributed by atoms with van der Waals surface area (Å²) in [5.74, 6) is -0.251. The summed E-state index contributed by atoms with van der Waals surface area (Å²) in [5.41, 5.74) is -1.05. The highest BCUT2D eigenvalue weighted by molar-refractivity contribution is 5.85. The van der Waals surface area contributed by atoms with Gasteiger partial charge in [-0.3, -0.25) is 4.79 Å². The number of hydrogen-bond donors (Lipinski definition) is 1. The lowest BCUT2D eigenvalue weighted by Crippen LogP contribution is -2.57. The third kappa shape index (κ3) is 3.29. The fourth-order valence-electron chi connectivity index (χ4n) is 2.35. The molecule has 4 nitrogen and oxygen atoms in total. The number of morpholine rings is 1. The molecule has 1 N–H and O–H groups in total. The maximum atomic E-state index is 12.6. The first kappa shape index (κ1) is 15.6. The predicted molar refractivity (Wildman–Crippen MR) is 72.1 cm³/mol. The molecule has 2 rings (SSSR count). The second-order valence-electron chi connectivity index (χ2n) is 5.12. The minimum absolute atomic E-state index is 0.251. The lowest BCUT2D eigenvalue weighted by molar-refractivity contribution is -0.145. The van der Waals surface area contributed by atoms with Gasteiger partial charge in [-0.1, -0.05) is 0 Å². The Balaban J connectivity index is 2.17. The Bertz CT molecular complexity index is 516. The zero-order valence-electron chi connectivity index (χ0n) is 11.8. The number of carbonyl (C=O) groups is 1. The number of carbonyl (C=O) groups excluding carboxylic acids is 1. The number of benzene rings is 1. The van der Waals surface area contributed by atoms with Crippen molar-refractivity contribution >= 4 is 11.6 Å². The van der Waals surface area contributed by atoms with Gasteiger partial charge in [-0.05, 0) is 31.2 Å². The first-order valence-electron chi connectivity index (χ1n) is 6.54. The van der Waals surface area contributed by atoms with Crippen LogP contribution in [0, 0.1) is 0 Å². The summed E-state index contributed by atoms with van der Waals surface area (Å²) in [7, 11) is 1.52. The van der Waals surface area contributed by atoms with Gasteiger partial charge in [-0.15, -0.1) is 0 Å². The predicted octanol–water partition coefficient (Wildman–Crippen LogP) is 2.05. The van der Waals surface area contributed by atoms with Crippen molar-refractivity contribution in [2.24, 2.45) is 0 Å². The van der Waals surface area contributed by atoms with Crippen LogP contribution in [-0.4, -0.2) is 38.3 Å². The van der Waals surface area contributed by atoms with Gasteiger partial charge in [0.15, 0.2) is 5.60 Å². The molecule has 1 fully saturated rings. The van der Waals surface area contributed by atoms with Gasteiger partial charge < -0.3 is 15.0 Å². The molecule has 0 radical (unpaired) electrons. The van der Waals surface area contributed by atoms with E-state index in [1.807, 2.05) is 4.90 Å². The molecule has 0 bridgehead atoms. The summed E-state index contributed by atoms with van der Waals surface area (Å²) in [5, 5.41) is 2.54. The van der Waals surface area contributed by atoms with E-state index < -0.39 is 17.3 Å². The molecular weight excluding hydrogens is 285 g/mol. The van der Waals surface area contributed by atoms with E-state index in [-0.39, 0.29) is 12.5 Å². The van der Waals surface area contributed by atoms with Crippen molar-refractivity contribution in [3.63, 3.8) is 0 Å². The lowest BCUT2D eigenvalue weighted by atomic mass is 10.0. The first-order valence-corrected chi connectivity index (χ1v) is 6.54. The normalized spacial score (nSPS) is 23.0. The highest BCUT2D eigenvalue weighted by Gasteiger charge is 2.39. The van der Waals surface area contributed by atoms with Gasteiger partial charge in [0.25, 0.3) is 5.91 Å². The fourth-order valence-corrected chi connectivity index (χ4v) is 2.35. The van der Waals surface area contributed by atoms with Crippen molar-refractivity contribution in [1.82, 2.24) is 5.32 Å². The summed E-state index contributed by atoms with van der Waals surface area (Å²) in [4.78, 5) is 13.7. The minimum atomic E-state index is -4.35. The molecule has 1 atom stereocenters. The highest BCUT2D eigenvalue weighted by atomic mass is 19.4. The van der Waals surface area contributed by atoms with E-state index in [0.29, 0.717) is 18.8 Å². The van der Waals surface area contributed by atoms with Crippen LogP contribution in [0.15, 0.2) is 24.3 Å². The van der Waals surface area contributed by atoms with Crippen LogP contribution >= 0.6 is 0 Å². The number of ether oxygens (including phenoxy) is 1. The minimum Gasteiger partial charge on any atom is -0.366 e. The van der Waals surface area contributed by atoms with Crippen LogP contribution in [0.1, 0.15) is 12.5 Å². The van der Waals surface area contributed by atoms with Crippen molar-refractivity contribution in [1.29, 1.82) is 0 Å². The summed E-state index contributed by atoms with van der Waals surface area (Å²) in [6, 6.07) is 4.92. The summed E-state index contributed by atoms with van der Waals surface area (Å²) < 4.78 is 43.2. The number of nitrogens with one attached hydrogen (secondary N) is 1. The van der Waals surface area contributed by atoms with Gasteiger partial charge in [-0.2, -0.15) is 13.2 Å². The van der Waals surface area contributed by atoms with Crippen LogP contribution in [-0.2, 0) is 15.7 Å². The molecule has 1 aromatic rings. The molecule has 1 aromatic carbocycles. The second kappa shape index (κ2) is 5.55. The zero-order chi connectivity index (χ0) is 15.7. The van der Waals surface area contributed by atoms with E-state index in [1.165, 1.54) is 19.2 Å². The number of rotatable bonds is 2. The third-order valence-electron chi connectivity index (χ3n) is 3.54. The van der Waals surface area contributed by atoms with E-state index in [0.717, 1.165) is 12.1 Å². The molecule has 1 saturated heterocycles. The summed E-state index contributed by atoms with van der Waals surface area (Å²) in [6.07, 6.45) is -4.35. The smallest absolute Gasteiger partial charge is 0.366 e. The largest absolute Gasteiger partial charge is 0.416 e. The Kier molecular flexibility index (Phi) is 4.13. The van der Waals surface area contributed by atoms with Crippen molar-refractivity contribution < 1.29 is 22.7 Å². The number of likely N-dealkylation sites (N-methyl/N-ethyl adjacent to an activating group) is 1. The zero-order valence-corrected chi connectivity index (χ0v) is 11.8. The van der Waals surface area contributed by atoms with Crippen LogP contribution in [0.3, 0.4) is 0 Å². The third-order valence-corrected chi connectivity index (χ3v) is 3.54. The van der Waals surface area contributed by atoms with Crippen LogP contribution in [0.4, 0.5) is 18.9 Å². The molecule has 1 aliphatic rings. The van der Waals surface area contributed by atoms with E-state index in [2.05, 4.69) is 5.32 Å². The van der Waals surface area contributed by atoms with E-state index in [4.69, 9.17) is 4.74 Å². The SMILES string of the molecule is CNC(=O)[C@]1(C)CN(c2ccc(C(F)(F)F)cc2)CCO1. The molecular formula is C14H17F3N2O2. The monoisotopic (exact) mass is 302 g/mol. The quantitative estimate of drug-likeness (QED) is 0.909. The van der Waals surface area contributed by atoms with E-state index in [9.17, 15) is 18.0 Å². The van der Waals surface area contributed by atoms with E-state index >= 15 is 0 Å². The Morgan fingerprint density at radius 1 is 1.33 bits per heavy atom. The van der Waals surface area contributed by atoms with Crippen LogP contribution < -0.4 is 10.2 Å². The Morgan fingerprint density at radius 3 is 2.48 bits per heavy atom. The molecule has 0 spiro atoms. The molecule has 0 aliphatic carbocycles. The molecule has 1 amide bonds. The fraction of sp³-hybridized carbons (Fsp3) is 0.500. The van der Waals surface area contributed by atoms with Crippen molar-refractivity contribution in [3.05, 3.63) is 29.8 Å². The van der Waals surface area contributed by atoms with Gasteiger partial charge in [0.1, 0.15) is 0 Å². The number of alkyl halides is 3. The van der Waals surface area contributed by atoms with Crippen molar-refractivity contribution in [2.45, 2.75) is 18.7 Å². The molecule has 0 aromatic heterocycles. The molecule has 1 aliphatic heterocycles. The Labute approximate surface area is 120 Å². The number of halogens is 3. The second-order valence-corrected chi connectivity index (χ2v) is 5.12. The molecule has 0 saturated carbocycles. The molecule has 1 heterocycles. The number of amides is 1. The molecule has 7 heteroatoms. The highest BCUT2D eigenvalue weighted by Crippen LogP contribution is 2.31. The van der Waals surface area contributed by atoms with Crippen molar-refractivity contribution in [3.8, 4) is 0 Å².